The molecule has 0 aliphatic carbocycles. The summed E-state index contributed by atoms with van der Waals surface area (Å²) in [7, 11) is 3.77. The Bertz CT molecular complexity index is 461. The van der Waals surface area contributed by atoms with E-state index in [0.717, 1.165) is 37.7 Å². The zero-order chi connectivity index (χ0) is 18.2. The highest BCUT2D eigenvalue weighted by atomic mass is 127. The number of nitrogens with zero attached hydrogens (tertiary/aromatic N) is 2. The molecular weight excluding hydrogens is 445 g/mol. The van der Waals surface area contributed by atoms with E-state index in [-0.39, 0.29) is 24.0 Å². The molecule has 6 nitrogen and oxygen atoms in total. The smallest absolute Gasteiger partial charge is 0.193 e. The molecule has 0 aromatic heterocycles. The van der Waals surface area contributed by atoms with Crippen molar-refractivity contribution in [2.24, 2.45) is 4.99 Å². The Hall–Kier alpha value is -1.06. The first-order valence-electron chi connectivity index (χ1n) is 9.03. The first-order chi connectivity index (χ1) is 12.3. The minimum absolute atomic E-state index is 0. The fourth-order valence-electron chi connectivity index (χ4n) is 2.11. The minimum atomic E-state index is 0. The number of unbranched alkanes of at least 4 members (excludes halogenated alkanes) is 1. The Kier molecular flexibility index (Phi) is 16.7. The number of benzene rings is 1. The summed E-state index contributed by atoms with van der Waals surface area (Å²) in [6.07, 6.45) is 2.27. The van der Waals surface area contributed by atoms with Crippen LogP contribution in [-0.4, -0.2) is 71.1 Å². The topological polar surface area (TPSA) is 55.3 Å². The predicted octanol–water partition coefficient (Wildman–Crippen LogP) is 3.02. The van der Waals surface area contributed by atoms with E-state index in [9.17, 15) is 0 Å². The highest BCUT2D eigenvalue weighted by molar-refractivity contribution is 14.0. The third-order valence-corrected chi connectivity index (χ3v) is 3.56. The fourth-order valence-corrected chi connectivity index (χ4v) is 2.11. The van der Waals surface area contributed by atoms with Gasteiger partial charge in [-0.15, -0.1) is 24.0 Å². The second-order valence-electron chi connectivity index (χ2n) is 5.64. The Morgan fingerprint density at radius 2 is 1.73 bits per heavy atom. The largest absolute Gasteiger partial charge is 0.492 e. The molecule has 26 heavy (non-hydrogen) atoms. The molecule has 0 amide bonds. The third kappa shape index (κ3) is 12.3. The average Bonchev–Trinajstić information content (AvgIpc) is 2.64. The van der Waals surface area contributed by atoms with Crippen molar-refractivity contribution < 1.29 is 14.2 Å². The van der Waals surface area contributed by atoms with Gasteiger partial charge in [-0.05, 0) is 18.6 Å². The summed E-state index contributed by atoms with van der Waals surface area (Å²) in [5, 5.41) is 3.28. The Morgan fingerprint density at radius 1 is 1.04 bits per heavy atom. The van der Waals surface area contributed by atoms with Gasteiger partial charge in [-0.25, -0.2) is 0 Å². The van der Waals surface area contributed by atoms with Crippen LogP contribution in [-0.2, 0) is 9.47 Å². The molecule has 0 saturated carbocycles. The Labute approximate surface area is 175 Å². The van der Waals surface area contributed by atoms with Crippen molar-refractivity contribution >= 4 is 29.9 Å². The molecule has 0 aliphatic rings. The summed E-state index contributed by atoms with van der Waals surface area (Å²) >= 11 is 0. The van der Waals surface area contributed by atoms with Crippen LogP contribution in [0, 0.1) is 0 Å². The maximum absolute atomic E-state index is 5.71. The molecule has 0 heterocycles. The van der Waals surface area contributed by atoms with Gasteiger partial charge < -0.3 is 24.4 Å². The van der Waals surface area contributed by atoms with Gasteiger partial charge in [-0.1, -0.05) is 31.5 Å². The van der Waals surface area contributed by atoms with E-state index < -0.39 is 0 Å². The molecule has 0 bridgehead atoms. The summed E-state index contributed by atoms with van der Waals surface area (Å²) in [4.78, 5) is 6.32. The van der Waals surface area contributed by atoms with Crippen LogP contribution in [0.15, 0.2) is 35.3 Å². The summed E-state index contributed by atoms with van der Waals surface area (Å²) in [6.45, 7) is 6.96. The first kappa shape index (κ1) is 24.9. The number of guanidine groups is 1. The molecule has 0 unspecified atom stereocenters. The van der Waals surface area contributed by atoms with Crippen LogP contribution < -0.4 is 10.1 Å². The van der Waals surface area contributed by atoms with Gasteiger partial charge >= 0.3 is 0 Å². The minimum Gasteiger partial charge on any atom is -0.492 e. The highest BCUT2D eigenvalue weighted by Gasteiger charge is 2.05. The number of nitrogens with one attached hydrogen (secondary N) is 1. The SMILES string of the molecule is CCCCOCCOCCNC(=NC)N(C)CCOc1ccccc1.I. The molecule has 0 aliphatic heterocycles. The van der Waals surface area contributed by atoms with Crippen molar-refractivity contribution in [3.63, 3.8) is 0 Å². The number of likely N-dealkylation sites (N-methyl/N-ethyl adjacent to an activating group) is 1. The predicted molar refractivity (Wildman–Crippen MR) is 118 cm³/mol. The molecule has 0 saturated heterocycles. The number of hydrogen-bond donors (Lipinski definition) is 1. The van der Waals surface area contributed by atoms with Gasteiger partial charge in [0.1, 0.15) is 12.4 Å². The van der Waals surface area contributed by atoms with Crippen molar-refractivity contribution in [2.75, 3.05) is 60.2 Å². The average molecular weight is 479 g/mol. The quantitative estimate of drug-likeness (QED) is 0.204. The van der Waals surface area contributed by atoms with Crippen molar-refractivity contribution in [1.29, 1.82) is 0 Å². The molecule has 0 atom stereocenters. The van der Waals surface area contributed by atoms with E-state index in [2.05, 4.69) is 17.2 Å². The number of hydrogen-bond acceptors (Lipinski definition) is 4. The first-order valence-corrected chi connectivity index (χ1v) is 9.03. The maximum atomic E-state index is 5.71. The van der Waals surface area contributed by atoms with E-state index in [1.165, 1.54) is 0 Å². The van der Waals surface area contributed by atoms with Crippen LogP contribution in [0.2, 0.25) is 0 Å². The second kappa shape index (κ2) is 17.4. The van der Waals surface area contributed by atoms with Crippen LogP contribution in [0.3, 0.4) is 0 Å². The van der Waals surface area contributed by atoms with Gasteiger partial charge in [-0.2, -0.15) is 0 Å². The number of ether oxygens (including phenoxy) is 3. The van der Waals surface area contributed by atoms with Gasteiger partial charge in [0.15, 0.2) is 5.96 Å². The normalized spacial score (nSPS) is 11.0. The molecule has 1 aromatic rings. The van der Waals surface area contributed by atoms with E-state index >= 15 is 0 Å². The highest BCUT2D eigenvalue weighted by Crippen LogP contribution is 2.07. The summed E-state index contributed by atoms with van der Waals surface area (Å²) in [5.74, 6) is 1.72. The number of halogens is 1. The van der Waals surface area contributed by atoms with Gasteiger partial charge in [0.05, 0.1) is 26.4 Å². The Morgan fingerprint density at radius 3 is 2.38 bits per heavy atom. The van der Waals surface area contributed by atoms with Crippen molar-refractivity contribution in [1.82, 2.24) is 10.2 Å². The summed E-state index contributed by atoms with van der Waals surface area (Å²) < 4.78 is 16.7. The molecular formula is C19H34IN3O3. The second-order valence-corrected chi connectivity index (χ2v) is 5.64. The molecule has 1 aromatic carbocycles. The standard InChI is InChI=1S/C19H33N3O3.HI/c1-4-5-13-23-16-17-24-14-11-21-19(20-2)22(3)12-15-25-18-9-7-6-8-10-18;/h6-10H,4-5,11-17H2,1-3H3,(H,20,21);1H. The zero-order valence-corrected chi connectivity index (χ0v) is 18.6. The zero-order valence-electron chi connectivity index (χ0n) is 16.3. The van der Waals surface area contributed by atoms with E-state index in [1.54, 1.807) is 7.05 Å². The summed E-state index contributed by atoms with van der Waals surface area (Å²) in [5.41, 5.74) is 0. The lowest BCUT2D eigenvalue weighted by Crippen LogP contribution is -2.42. The number of para-hydroxylation sites is 1. The van der Waals surface area contributed by atoms with Gasteiger partial charge in [0.25, 0.3) is 0 Å². The third-order valence-electron chi connectivity index (χ3n) is 3.56. The van der Waals surface area contributed by atoms with Crippen LogP contribution in [0.1, 0.15) is 19.8 Å². The van der Waals surface area contributed by atoms with E-state index in [1.807, 2.05) is 42.3 Å². The lowest BCUT2D eigenvalue weighted by Gasteiger charge is -2.22. The maximum Gasteiger partial charge on any atom is 0.193 e. The van der Waals surface area contributed by atoms with E-state index in [4.69, 9.17) is 14.2 Å². The van der Waals surface area contributed by atoms with Crippen LogP contribution in [0.5, 0.6) is 5.75 Å². The molecule has 1 rings (SSSR count). The summed E-state index contributed by atoms with van der Waals surface area (Å²) in [6, 6.07) is 9.82. The lowest BCUT2D eigenvalue weighted by molar-refractivity contribution is 0.0486. The van der Waals surface area contributed by atoms with Crippen molar-refractivity contribution in [2.45, 2.75) is 19.8 Å². The molecule has 0 spiro atoms. The van der Waals surface area contributed by atoms with Crippen LogP contribution >= 0.6 is 24.0 Å². The van der Waals surface area contributed by atoms with Gasteiger partial charge in [-0.3, -0.25) is 4.99 Å². The van der Waals surface area contributed by atoms with Crippen molar-refractivity contribution in [3.8, 4) is 5.75 Å². The molecule has 0 fully saturated rings. The Balaban J connectivity index is 0.00000625. The van der Waals surface area contributed by atoms with Crippen LogP contribution in [0.25, 0.3) is 0 Å². The van der Waals surface area contributed by atoms with Gasteiger partial charge in [0.2, 0.25) is 0 Å². The molecule has 0 radical (unpaired) electrons. The number of aliphatic imine (C=N–C) groups is 1. The lowest BCUT2D eigenvalue weighted by atomic mass is 10.3. The van der Waals surface area contributed by atoms with Crippen molar-refractivity contribution in [3.05, 3.63) is 30.3 Å². The number of rotatable bonds is 13. The molecule has 1 N–H and O–H groups in total. The molecule has 7 heteroatoms. The molecule has 150 valence electrons. The fraction of sp³-hybridized carbons (Fsp3) is 0.632. The van der Waals surface area contributed by atoms with E-state index in [0.29, 0.717) is 33.0 Å². The van der Waals surface area contributed by atoms with Crippen LogP contribution in [0.4, 0.5) is 0 Å². The monoisotopic (exact) mass is 479 g/mol. The van der Waals surface area contributed by atoms with Gasteiger partial charge in [0, 0.05) is 27.2 Å².